The van der Waals surface area contributed by atoms with Crippen molar-refractivity contribution in [3.63, 3.8) is 0 Å². The Morgan fingerprint density at radius 2 is 1.74 bits per heavy atom. The van der Waals surface area contributed by atoms with Crippen LogP contribution in [0.1, 0.15) is 5.56 Å². The molecule has 0 saturated heterocycles. The number of rotatable bonds is 4. The average Bonchev–Trinajstić information content (AvgIpc) is 2.35. The Hall–Kier alpha value is -1.46. The number of aliphatic carboxylic acids is 1. The second-order valence-corrected chi connectivity index (χ2v) is 5.98. The molecule has 0 atom stereocenters. The van der Waals surface area contributed by atoms with Crippen LogP contribution in [-0.4, -0.2) is 16.2 Å². The van der Waals surface area contributed by atoms with E-state index in [0.29, 0.717) is 5.56 Å². The van der Waals surface area contributed by atoms with E-state index < -0.39 is 5.97 Å². The van der Waals surface area contributed by atoms with Crippen molar-refractivity contribution in [2.75, 3.05) is 0 Å². The van der Waals surface area contributed by atoms with Crippen LogP contribution < -0.4 is 0 Å². The number of hydrogen-bond donors (Lipinski definition) is 2. The summed E-state index contributed by atoms with van der Waals surface area (Å²) < 4.78 is 1.01. The number of phenolic OH excluding ortho intramolecular Hbond substituents is 1. The van der Waals surface area contributed by atoms with Gasteiger partial charge in [-0.25, -0.2) is 0 Å². The molecular formula is C14H11BrO3S. The van der Waals surface area contributed by atoms with Crippen LogP contribution in [0.5, 0.6) is 5.75 Å². The van der Waals surface area contributed by atoms with Gasteiger partial charge in [-0.3, -0.25) is 4.79 Å². The molecule has 0 aromatic heterocycles. The number of carboxylic acids is 1. The van der Waals surface area contributed by atoms with E-state index in [1.54, 1.807) is 12.1 Å². The van der Waals surface area contributed by atoms with Crippen molar-refractivity contribution >= 4 is 33.7 Å². The molecule has 2 rings (SSSR count). The molecule has 98 valence electrons. The molecular weight excluding hydrogens is 328 g/mol. The van der Waals surface area contributed by atoms with Crippen LogP contribution in [0.4, 0.5) is 0 Å². The fourth-order valence-electron chi connectivity index (χ4n) is 1.56. The summed E-state index contributed by atoms with van der Waals surface area (Å²) in [4.78, 5) is 12.5. The first kappa shape index (κ1) is 14.0. The van der Waals surface area contributed by atoms with Gasteiger partial charge < -0.3 is 10.2 Å². The molecule has 0 heterocycles. The zero-order valence-corrected chi connectivity index (χ0v) is 12.2. The number of benzene rings is 2. The van der Waals surface area contributed by atoms with Crippen LogP contribution in [0.15, 0.2) is 56.7 Å². The lowest BCUT2D eigenvalue weighted by atomic mass is 10.1. The van der Waals surface area contributed by atoms with Crippen LogP contribution >= 0.6 is 27.7 Å². The Kier molecular flexibility index (Phi) is 4.50. The largest absolute Gasteiger partial charge is 0.508 e. The third kappa shape index (κ3) is 4.01. The Bertz CT molecular complexity index is 596. The number of hydrogen-bond acceptors (Lipinski definition) is 3. The number of carbonyl (C=O) groups is 1. The molecule has 2 aromatic rings. The second kappa shape index (κ2) is 6.12. The fraction of sp³-hybridized carbons (Fsp3) is 0.0714. The van der Waals surface area contributed by atoms with Gasteiger partial charge in [-0.15, -0.1) is 0 Å². The molecule has 0 radical (unpaired) electrons. The van der Waals surface area contributed by atoms with Gasteiger partial charge in [-0.2, -0.15) is 0 Å². The predicted octanol–water partition coefficient (Wildman–Crippen LogP) is 3.93. The van der Waals surface area contributed by atoms with Crippen molar-refractivity contribution < 1.29 is 15.0 Å². The minimum atomic E-state index is -0.955. The summed E-state index contributed by atoms with van der Waals surface area (Å²) in [7, 11) is 0. The highest BCUT2D eigenvalue weighted by atomic mass is 79.9. The molecule has 3 nitrogen and oxygen atoms in total. The molecule has 0 bridgehead atoms. The summed E-state index contributed by atoms with van der Waals surface area (Å²) in [5.74, 6) is -0.937. The maximum atomic E-state index is 10.6. The van der Waals surface area contributed by atoms with Gasteiger partial charge in [-0.1, -0.05) is 33.8 Å². The third-order valence-corrected chi connectivity index (χ3v) is 3.97. The summed E-state index contributed by atoms with van der Waals surface area (Å²) in [5.41, 5.74) is 0.424. The van der Waals surface area contributed by atoms with Gasteiger partial charge in [0.25, 0.3) is 0 Å². The quantitative estimate of drug-likeness (QED) is 0.886. The normalized spacial score (nSPS) is 10.4. The number of phenols is 1. The molecule has 0 saturated carbocycles. The van der Waals surface area contributed by atoms with Gasteiger partial charge in [0.05, 0.1) is 6.42 Å². The predicted molar refractivity (Wildman–Crippen MR) is 77.7 cm³/mol. The molecule has 19 heavy (non-hydrogen) atoms. The summed E-state index contributed by atoms with van der Waals surface area (Å²) in [6.45, 7) is 0. The van der Waals surface area contributed by atoms with Crippen molar-refractivity contribution in [3.05, 3.63) is 52.5 Å². The van der Waals surface area contributed by atoms with E-state index in [2.05, 4.69) is 15.9 Å². The van der Waals surface area contributed by atoms with Gasteiger partial charge in [0.1, 0.15) is 5.75 Å². The van der Waals surface area contributed by atoms with Gasteiger partial charge in [0, 0.05) is 19.8 Å². The highest BCUT2D eigenvalue weighted by Gasteiger charge is 2.07. The van der Waals surface area contributed by atoms with Crippen molar-refractivity contribution in [2.24, 2.45) is 0 Å². The van der Waals surface area contributed by atoms with Gasteiger partial charge >= 0.3 is 5.97 Å². The molecule has 0 aliphatic carbocycles. The molecule has 0 fully saturated rings. The zero-order chi connectivity index (χ0) is 13.8. The smallest absolute Gasteiger partial charge is 0.307 e. The van der Waals surface area contributed by atoms with E-state index in [1.165, 1.54) is 11.8 Å². The molecule has 0 unspecified atom stereocenters. The maximum Gasteiger partial charge on any atom is 0.307 e. The Morgan fingerprint density at radius 1 is 1.11 bits per heavy atom. The lowest BCUT2D eigenvalue weighted by molar-refractivity contribution is -0.136. The van der Waals surface area contributed by atoms with Gasteiger partial charge in [0.15, 0.2) is 0 Å². The number of halogens is 1. The molecule has 2 aromatic carbocycles. The summed E-state index contributed by atoms with van der Waals surface area (Å²) in [6.07, 6.45) is -0.172. The highest BCUT2D eigenvalue weighted by molar-refractivity contribution is 9.10. The molecule has 0 aliphatic heterocycles. The Balaban J connectivity index is 2.15. The number of aromatic hydroxyl groups is 1. The lowest BCUT2D eigenvalue weighted by Crippen LogP contribution is -2.00. The topological polar surface area (TPSA) is 57.5 Å². The fourth-order valence-corrected chi connectivity index (χ4v) is 2.67. The van der Waals surface area contributed by atoms with E-state index in [4.69, 9.17) is 5.11 Å². The molecule has 0 spiro atoms. The van der Waals surface area contributed by atoms with Gasteiger partial charge in [-0.05, 0) is 36.4 Å². The number of carboxylic acid groups (broad SMARTS) is 1. The monoisotopic (exact) mass is 338 g/mol. The van der Waals surface area contributed by atoms with Crippen LogP contribution in [0, 0.1) is 0 Å². The van der Waals surface area contributed by atoms with E-state index >= 15 is 0 Å². The van der Waals surface area contributed by atoms with Crippen molar-refractivity contribution in [2.45, 2.75) is 16.2 Å². The average molecular weight is 339 g/mol. The zero-order valence-electron chi connectivity index (χ0n) is 9.84. The Morgan fingerprint density at radius 3 is 2.32 bits per heavy atom. The molecule has 0 aliphatic rings. The standard InChI is InChI=1S/C14H11BrO3S/c15-10-2-5-11(6-3-10)19-12-4-1-9(7-14(17)18)13(16)8-12/h1-6,8,16H,7H2,(H,17,18). The van der Waals surface area contributed by atoms with Crippen LogP contribution in [-0.2, 0) is 11.2 Å². The van der Waals surface area contributed by atoms with E-state index in [1.807, 2.05) is 30.3 Å². The minimum Gasteiger partial charge on any atom is -0.508 e. The van der Waals surface area contributed by atoms with Crippen LogP contribution in [0.2, 0.25) is 0 Å². The minimum absolute atomic E-state index is 0.0181. The summed E-state index contributed by atoms with van der Waals surface area (Å²) in [6, 6.07) is 12.9. The van der Waals surface area contributed by atoms with E-state index in [9.17, 15) is 9.90 Å². The van der Waals surface area contributed by atoms with E-state index in [-0.39, 0.29) is 12.2 Å². The lowest BCUT2D eigenvalue weighted by Gasteiger charge is -2.06. The van der Waals surface area contributed by atoms with Gasteiger partial charge in [0.2, 0.25) is 0 Å². The van der Waals surface area contributed by atoms with E-state index in [0.717, 1.165) is 14.3 Å². The van der Waals surface area contributed by atoms with Crippen molar-refractivity contribution in [1.82, 2.24) is 0 Å². The highest BCUT2D eigenvalue weighted by Crippen LogP contribution is 2.32. The van der Waals surface area contributed by atoms with Crippen molar-refractivity contribution in [1.29, 1.82) is 0 Å². The molecule has 0 amide bonds. The molecule has 2 N–H and O–H groups in total. The molecule has 5 heteroatoms. The maximum absolute atomic E-state index is 10.6. The van der Waals surface area contributed by atoms with Crippen LogP contribution in [0.3, 0.4) is 0 Å². The third-order valence-electron chi connectivity index (χ3n) is 2.45. The van der Waals surface area contributed by atoms with Crippen molar-refractivity contribution in [3.8, 4) is 5.75 Å². The SMILES string of the molecule is O=C(O)Cc1ccc(Sc2ccc(Br)cc2)cc1O. The second-order valence-electron chi connectivity index (χ2n) is 3.92. The summed E-state index contributed by atoms with van der Waals surface area (Å²) >= 11 is 4.88. The Labute approximate surface area is 123 Å². The van der Waals surface area contributed by atoms with Crippen LogP contribution in [0.25, 0.3) is 0 Å². The first-order chi connectivity index (χ1) is 9.04. The summed E-state index contributed by atoms with van der Waals surface area (Å²) in [5, 5.41) is 18.5. The first-order valence-electron chi connectivity index (χ1n) is 5.52. The first-order valence-corrected chi connectivity index (χ1v) is 7.12.